The van der Waals surface area contributed by atoms with Crippen molar-refractivity contribution in [2.45, 2.75) is 12.3 Å². The summed E-state index contributed by atoms with van der Waals surface area (Å²) in [6.45, 7) is 1.03. The minimum Gasteiger partial charge on any atom is -0.383 e. The Bertz CT molecular complexity index is 593. The lowest BCUT2D eigenvalue weighted by Crippen LogP contribution is -2.28. The Morgan fingerprint density at radius 3 is 3.00 bits per heavy atom. The lowest BCUT2D eigenvalue weighted by molar-refractivity contribution is -0.00675. The van der Waals surface area contributed by atoms with Gasteiger partial charge in [0.25, 0.3) is 0 Å². The standard InChI is InChI=1S/C10H14N3O5P/c1-19(15,16)17-6-7-2-3-9(18-7)13-5-4-8(11)12-10(13)14/h2-5,7,9H,6H2,1H3,(H,15,16)(H2,11,12,14). The Labute approximate surface area is 109 Å². The number of nitrogens with two attached hydrogens (primary N) is 1. The highest BCUT2D eigenvalue weighted by Crippen LogP contribution is 2.37. The second-order valence-corrected chi connectivity index (χ2v) is 5.96. The molecule has 0 aliphatic carbocycles. The van der Waals surface area contributed by atoms with Gasteiger partial charge in [-0.15, -0.1) is 0 Å². The van der Waals surface area contributed by atoms with Crippen LogP contribution in [0.3, 0.4) is 0 Å². The van der Waals surface area contributed by atoms with Gasteiger partial charge >= 0.3 is 13.3 Å². The van der Waals surface area contributed by atoms with Crippen molar-refractivity contribution in [1.29, 1.82) is 0 Å². The van der Waals surface area contributed by atoms with Crippen LogP contribution in [0.25, 0.3) is 0 Å². The molecule has 19 heavy (non-hydrogen) atoms. The van der Waals surface area contributed by atoms with Gasteiger partial charge in [0.1, 0.15) is 11.9 Å². The van der Waals surface area contributed by atoms with Crippen molar-refractivity contribution >= 4 is 13.4 Å². The van der Waals surface area contributed by atoms with Crippen LogP contribution in [0.15, 0.2) is 29.2 Å². The van der Waals surface area contributed by atoms with E-state index in [1.54, 1.807) is 12.2 Å². The summed E-state index contributed by atoms with van der Waals surface area (Å²) in [6.07, 6.45) is 3.66. The molecule has 0 saturated heterocycles. The summed E-state index contributed by atoms with van der Waals surface area (Å²) in [5.41, 5.74) is 4.86. The van der Waals surface area contributed by atoms with E-state index in [4.69, 9.17) is 19.9 Å². The molecule has 0 spiro atoms. The van der Waals surface area contributed by atoms with E-state index in [-0.39, 0.29) is 12.4 Å². The zero-order valence-electron chi connectivity index (χ0n) is 10.2. The molecule has 0 saturated carbocycles. The van der Waals surface area contributed by atoms with Gasteiger partial charge in [-0.3, -0.25) is 9.13 Å². The smallest absolute Gasteiger partial charge is 0.351 e. The average molecular weight is 287 g/mol. The Morgan fingerprint density at radius 2 is 2.37 bits per heavy atom. The van der Waals surface area contributed by atoms with E-state index in [0.29, 0.717) is 0 Å². The van der Waals surface area contributed by atoms with Gasteiger partial charge < -0.3 is 19.9 Å². The molecule has 0 bridgehead atoms. The van der Waals surface area contributed by atoms with Gasteiger partial charge in [0, 0.05) is 12.9 Å². The van der Waals surface area contributed by atoms with Gasteiger partial charge in [0.2, 0.25) is 0 Å². The van der Waals surface area contributed by atoms with Crippen LogP contribution in [0.5, 0.6) is 0 Å². The van der Waals surface area contributed by atoms with Crippen LogP contribution < -0.4 is 11.4 Å². The summed E-state index contributed by atoms with van der Waals surface area (Å²) < 4.78 is 22.5. The third-order valence-corrected chi connectivity index (χ3v) is 3.04. The van der Waals surface area contributed by atoms with Crippen LogP contribution in [-0.2, 0) is 13.8 Å². The number of anilines is 1. The molecule has 3 unspecified atom stereocenters. The molecular weight excluding hydrogens is 273 g/mol. The molecule has 0 amide bonds. The first-order valence-electron chi connectivity index (χ1n) is 5.48. The molecule has 1 aromatic heterocycles. The lowest BCUT2D eigenvalue weighted by Gasteiger charge is -2.16. The van der Waals surface area contributed by atoms with E-state index in [0.717, 1.165) is 6.66 Å². The summed E-state index contributed by atoms with van der Waals surface area (Å²) in [6, 6.07) is 1.48. The van der Waals surface area contributed by atoms with Crippen LogP contribution in [0.1, 0.15) is 6.23 Å². The quantitative estimate of drug-likeness (QED) is 0.596. The van der Waals surface area contributed by atoms with Crippen molar-refractivity contribution in [2.24, 2.45) is 0 Å². The largest absolute Gasteiger partial charge is 0.383 e. The molecule has 9 heteroatoms. The van der Waals surface area contributed by atoms with E-state index >= 15 is 0 Å². The van der Waals surface area contributed by atoms with E-state index in [9.17, 15) is 9.36 Å². The van der Waals surface area contributed by atoms with Gasteiger partial charge in [-0.05, 0) is 12.1 Å². The van der Waals surface area contributed by atoms with E-state index in [1.165, 1.54) is 16.8 Å². The maximum atomic E-state index is 11.6. The maximum absolute atomic E-state index is 11.6. The van der Waals surface area contributed by atoms with Crippen molar-refractivity contribution in [3.8, 4) is 0 Å². The Morgan fingerprint density at radius 1 is 1.63 bits per heavy atom. The predicted octanol–water partition coefficient (Wildman–Crippen LogP) is 0.111. The third kappa shape index (κ3) is 3.74. The van der Waals surface area contributed by atoms with E-state index < -0.39 is 25.6 Å². The molecule has 1 aliphatic heterocycles. The normalized spacial score (nSPS) is 25.4. The molecule has 2 rings (SSSR count). The fourth-order valence-electron chi connectivity index (χ4n) is 1.57. The van der Waals surface area contributed by atoms with Gasteiger partial charge in [-0.1, -0.05) is 6.08 Å². The summed E-state index contributed by atoms with van der Waals surface area (Å²) in [5, 5.41) is 0. The SMILES string of the molecule is CP(=O)(O)OCC1C=CC(n2ccc(N)nc2=O)O1. The molecular formula is C10H14N3O5P. The zero-order valence-corrected chi connectivity index (χ0v) is 11.1. The number of hydrogen-bond donors (Lipinski definition) is 2. The summed E-state index contributed by atoms with van der Waals surface area (Å²) in [5.74, 6) is 0.135. The molecule has 2 heterocycles. The molecule has 1 aromatic rings. The predicted molar refractivity (Wildman–Crippen MR) is 67.7 cm³/mol. The number of rotatable bonds is 4. The first kappa shape index (κ1) is 14.0. The Hall–Kier alpha value is -1.47. The van der Waals surface area contributed by atoms with Crippen molar-refractivity contribution < 1.29 is 18.7 Å². The fourth-order valence-corrected chi connectivity index (χ4v) is 2.00. The molecule has 3 atom stereocenters. The summed E-state index contributed by atoms with van der Waals surface area (Å²) >= 11 is 0. The van der Waals surface area contributed by atoms with Gasteiger partial charge in [0.15, 0.2) is 6.23 Å². The Balaban J connectivity index is 2.01. The van der Waals surface area contributed by atoms with Gasteiger partial charge in [0.05, 0.1) is 6.61 Å². The summed E-state index contributed by atoms with van der Waals surface area (Å²) in [7, 11) is -3.54. The highest BCUT2D eigenvalue weighted by atomic mass is 31.2. The average Bonchev–Trinajstić information content (AvgIpc) is 2.74. The van der Waals surface area contributed by atoms with Crippen molar-refractivity contribution in [2.75, 3.05) is 19.0 Å². The van der Waals surface area contributed by atoms with E-state index in [2.05, 4.69) is 4.98 Å². The van der Waals surface area contributed by atoms with Crippen LogP contribution >= 0.6 is 7.60 Å². The van der Waals surface area contributed by atoms with Crippen LogP contribution in [-0.4, -0.2) is 33.8 Å². The number of nitrogens with zero attached hydrogens (tertiary/aromatic N) is 2. The van der Waals surface area contributed by atoms with Crippen molar-refractivity contribution in [3.05, 3.63) is 34.9 Å². The van der Waals surface area contributed by atoms with Crippen molar-refractivity contribution in [1.82, 2.24) is 9.55 Å². The van der Waals surface area contributed by atoms with Crippen LogP contribution in [0.4, 0.5) is 5.82 Å². The third-order valence-electron chi connectivity index (χ3n) is 2.41. The fraction of sp³-hybridized carbons (Fsp3) is 0.400. The first-order chi connectivity index (χ1) is 8.85. The molecule has 0 fully saturated rings. The topological polar surface area (TPSA) is 117 Å². The second kappa shape index (κ2) is 5.26. The maximum Gasteiger partial charge on any atom is 0.351 e. The highest BCUT2D eigenvalue weighted by Gasteiger charge is 2.23. The first-order valence-corrected chi connectivity index (χ1v) is 7.51. The number of ether oxygens (including phenoxy) is 1. The number of aromatic nitrogens is 2. The summed E-state index contributed by atoms with van der Waals surface area (Å²) in [4.78, 5) is 24.2. The second-order valence-electron chi connectivity index (χ2n) is 4.09. The molecule has 3 N–H and O–H groups in total. The molecule has 104 valence electrons. The minimum atomic E-state index is -3.54. The molecule has 0 radical (unpaired) electrons. The van der Waals surface area contributed by atoms with Gasteiger partial charge in [-0.2, -0.15) is 4.98 Å². The van der Waals surface area contributed by atoms with Crippen molar-refractivity contribution in [3.63, 3.8) is 0 Å². The van der Waals surface area contributed by atoms with E-state index in [1.807, 2.05) is 0 Å². The number of hydrogen-bond acceptors (Lipinski definition) is 6. The monoisotopic (exact) mass is 287 g/mol. The molecule has 0 aromatic carbocycles. The highest BCUT2D eigenvalue weighted by molar-refractivity contribution is 7.51. The van der Waals surface area contributed by atoms with Crippen LogP contribution in [0, 0.1) is 0 Å². The van der Waals surface area contributed by atoms with Crippen LogP contribution in [0.2, 0.25) is 0 Å². The lowest BCUT2D eigenvalue weighted by atomic mass is 10.4. The number of nitrogen functional groups attached to an aromatic ring is 1. The minimum absolute atomic E-state index is 0.0611. The molecule has 8 nitrogen and oxygen atoms in total. The Kier molecular flexibility index (Phi) is 3.86. The zero-order chi connectivity index (χ0) is 14.0. The molecule has 1 aliphatic rings. The van der Waals surface area contributed by atoms with Gasteiger partial charge in [-0.25, -0.2) is 4.79 Å².